The molecule has 0 spiro atoms. The van der Waals surface area contributed by atoms with Crippen LogP contribution < -0.4 is 5.56 Å². The van der Waals surface area contributed by atoms with Gasteiger partial charge in [-0.05, 0) is 38.3 Å². The van der Waals surface area contributed by atoms with E-state index < -0.39 is 0 Å². The number of β-amino-alcohol motifs (C(OH)–C–C–N with tert-alkyl or cyclic N) is 1. The maximum Gasteiger partial charge on any atom is 0.277 e. The normalized spacial score (nSPS) is 22.0. The number of aliphatic hydroxyl groups is 1. The standard InChI is InChI=1S/C17H24N4O2S/c1-10-5-6-21(8-14(10)22)7-13-9-24-16(18-13)15-11(2)12(3)19-20(4)17(15)23/h9-10,14,22H,5-8H2,1-4H3. The lowest BCUT2D eigenvalue weighted by Gasteiger charge is -2.33. The van der Waals surface area contributed by atoms with Crippen LogP contribution in [0.2, 0.25) is 0 Å². The molecule has 1 aliphatic rings. The summed E-state index contributed by atoms with van der Waals surface area (Å²) in [5.41, 5.74) is 3.22. The van der Waals surface area contributed by atoms with E-state index in [-0.39, 0.29) is 11.7 Å². The molecule has 0 radical (unpaired) electrons. The van der Waals surface area contributed by atoms with Crippen LogP contribution in [-0.4, -0.2) is 44.0 Å². The third-order valence-electron chi connectivity index (χ3n) is 4.88. The van der Waals surface area contributed by atoms with E-state index in [0.717, 1.165) is 34.9 Å². The molecule has 0 bridgehead atoms. The number of piperidine rings is 1. The van der Waals surface area contributed by atoms with Gasteiger partial charge < -0.3 is 5.11 Å². The molecule has 1 fully saturated rings. The van der Waals surface area contributed by atoms with Gasteiger partial charge in [-0.15, -0.1) is 11.3 Å². The maximum atomic E-state index is 12.4. The van der Waals surface area contributed by atoms with Gasteiger partial charge in [-0.1, -0.05) is 6.92 Å². The van der Waals surface area contributed by atoms with Gasteiger partial charge >= 0.3 is 0 Å². The lowest BCUT2D eigenvalue weighted by atomic mass is 9.96. The Bertz CT molecular complexity index is 798. The molecule has 7 heteroatoms. The highest BCUT2D eigenvalue weighted by Crippen LogP contribution is 2.26. The molecule has 0 aliphatic carbocycles. The molecule has 24 heavy (non-hydrogen) atoms. The van der Waals surface area contributed by atoms with Crippen molar-refractivity contribution in [3.05, 3.63) is 32.7 Å². The minimum Gasteiger partial charge on any atom is -0.392 e. The molecule has 2 aromatic rings. The van der Waals surface area contributed by atoms with Gasteiger partial charge in [0.1, 0.15) is 5.01 Å². The van der Waals surface area contributed by atoms with Gasteiger partial charge in [-0.25, -0.2) is 9.67 Å². The Labute approximate surface area is 145 Å². The van der Waals surface area contributed by atoms with Crippen molar-refractivity contribution in [3.8, 4) is 10.6 Å². The van der Waals surface area contributed by atoms with Crippen LogP contribution in [0.1, 0.15) is 30.3 Å². The van der Waals surface area contributed by atoms with E-state index in [0.29, 0.717) is 24.6 Å². The van der Waals surface area contributed by atoms with E-state index in [4.69, 9.17) is 0 Å². The number of aryl methyl sites for hydroxylation is 2. The van der Waals surface area contributed by atoms with Crippen molar-refractivity contribution in [2.75, 3.05) is 13.1 Å². The summed E-state index contributed by atoms with van der Waals surface area (Å²) >= 11 is 1.50. The van der Waals surface area contributed by atoms with Crippen LogP contribution in [0, 0.1) is 19.8 Å². The number of aliphatic hydroxyl groups excluding tert-OH is 1. The Balaban J connectivity index is 1.83. The first-order chi connectivity index (χ1) is 11.4. The number of nitrogens with zero attached hydrogens (tertiary/aromatic N) is 4. The predicted molar refractivity (Wildman–Crippen MR) is 95.1 cm³/mol. The fraction of sp³-hybridized carbons (Fsp3) is 0.588. The molecule has 0 saturated carbocycles. The summed E-state index contributed by atoms with van der Waals surface area (Å²) in [6, 6.07) is 0. The Kier molecular flexibility index (Phi) is 4.85. The fourth-order valence-corrected chi connectivity index (χ4v) is 3.99. The molecular weight excluding hydrogens is 324 g/mol. The SMILES string of the molecule is Cc1nn(C)c(=O)c(-c2nc(CN3CCC(C)C(O)C3)cs2)c1C. The van der Waals surface area contributed by atoms with E-state index in [1.165, 1.54) is 16.0 Å². The smallest absolute Gasteiger partial charge is 0.277 e. The van der Waals surface area contributed by atoms with Gasteiger partial charge in [0.25, 0.3) is 5.56 Å². The van der Waals surface area contributed by atoms with Crippen LogP contribution in [0.25, 0.3) is 10.6 Å². The van der Waals surface area contributed by atoms with Gasteiger partial charge in [0.05, 0.1) is 23.1 Å². The zero-order valence-corrected chi connectivity index (χ0v) is 15.4. The minimum atomic E-state index is -0.269. The Morgan fingerprint density at radius 2 is 2.17 bits per heavy atom. The highest BCUT2D eigenvalue weighted by molar-refractivity contribution is 7.13. The molecule has 3 heterocycles. The average molecular weight is 348 g/mol. The first-order valence-corrected chi connectivity index (χ1v) is 9.14. The van der Waals surface area contributed by atoms with Gasteiger partial charge in [-0.3, -0.25) is 9.69 Å². The van der Waals surface area contributed by atoms with Crippen LogP contribution >= 0.6 is 11.3 Å². The lowest BCUT2D eigenvalue weighted by Crippen LogP contribution is -2.42. The van der Waals surface area contributed by atoms with Gasteiger partial charge in [0, 0.05) is 25.5 Å². The number of aromatic nitrogens is 3. The number of hydrogen-bond donors (Lipinski definition) is 1. The first-order valence-electron chi connectivity index (χ1n) is 8.26. The Morgan fingerprint density at radius 3 is 2.88 bits per heavy atom. The highest BCUT2D eigenvalue weighted by Gasteiger charge is 2.25. The van der Waals surface area contributed by atoms with Gasteiger partial charge in [0.2, 0.25) is 0 Å². The second-order valence-corrected chi connectivity index (χ2v) is 7.58. The van der Waals surface area contributed by atoms with Crippen molar-refractivity contribution in [3.63, 3.8) is 0 Å². The summed E-state index contributed by atoms with van der Waals surface area (Å²) in [4.78, 5) is 19.3. The second kappa shape index (κ2) is 6.74. The number of hydrogen-bond acceptors (Lipinski definition) is 6. The minimum absolute atomic E-state index is 0.110. The molecule has 0 aromatic carbocycles. The molecule has 1 aliphatic heterocycles. The molecule has 0 amide bonds. The second-order valence-electron chi connectivity index (χ2n) is 6.73. The quantitative estimate of drug-likeness (QED) is 0.914. The van der Waals surface area contributed by atoms with E-state index in [1.807, 2.05) is 19.2 Å². The monoisotopic (exact) mass is 348 g/mol. The summed E-state index contributed by atoms with van der Waals surface area (Å²) < 4.78 is 1.38. The van der Waals surface area contributed by atoms with E-state index >= 15 is 0 Å². The molecule has 2 aromatic heterocycles. The average Bonchev–Trinajstić information content (AvgIpc) is 2.97. The molecular formula is C17H24N4O2S. The molecule has 2 atom stereocenters. The summed E-state index contributed by atoms with van der Waals surface area (Å²) in [6.07, 6.45) is 0.732. The largest absolute Gasteiger partial charge is 0.392 e. The highest BCUT2D eigenvalue weighted by atomic mass is 32.1. The topological polar surface area (TPSA) is 71.2 Å². The van der Waals surface area contributed by atoms with Crippen LogP contribution in [0.3, 0.4) is 0 Å². The first kappa shape index (κ1) is 17.3. The van der Waals surface area contributed by atoms with Crippen molar-refractivity contribution in [2.24, 2.45) is 13.0 Å². The maximum absolute atomic E-state index is 12.4. The molecule has 6 nitrogen and oxygen atoms in total. The molecule has 1 saturated heterocycles. The summed E-state index contributed by atoms with van der Waals surface area (Å²) in [5.74, 6) is 0.359. The predicted octanol–water partition coefficient (Wildman–Crippen LogP) is 1.72. The van der Waals surface area contributed by atoms with Crippen molar-refractivity contribution in [1.29, 1.82) is 0 Å². The van der Waals surface area contributed by atoms with Crippen LogP contribution in [0.5, 0.6) is 0 Å². The zero-order valence-electron chi connectivity index (χ0n) is 14.6. The molecule has 1 N–H and O–H groups in total. The van der Waals surface area contributed by atoms with Crippen molar-refractivity contribution in [2.45, 2.75) is 39.8 Å². The third-order valence-corrected chi connectivity index (χ3v) is 5.79. The van der Waals surface area contributed by atoms with Crippen LogP contribution in [0.15, 0.2) is 10.2 Å². The molecule has 3 rings (SSSR count). The summed E-state index contributed by atoms with van der Waals surface area (Å²) in [5, 5.41) is 17.0. The number of likely N-dealkylation sites (tertiary alicyclic amines) is 1. The Morgan fingerprint density at radius 1 is 1.42 bits per heavy atom. The van der Waals surface area contributed by atoms with Crippen molar-refractivity contribution < 1.29 is 5.11 Å². The zero-order chi connectivity index (χ0) is 17.4. The van der Waals surface area contributed by atoms with Gasteiger partial charge in [0.15, 0.2) is 0 Å². The van der Waals surface area contributed by atoms with Crippen molar-refractivity contribution in [1.82, 2.24) is 19.7 Å². The molecule has 2 unspecified atom stereocenters. The van der Waals surface area contributed by atoms with E-state index in [9.17, 15) is 9.90 Å². The lowest BCUT2D eigenvalue weighted by molar-refractivity contribution is 0.0255. The van der Waals surface area contributed by atoms with Crippen molar-refractivity contribution >= 4 is 11.3 Å². The molecule has 130 valence electrons. The number of rotatable bonds is 3. The van der Waals surface area contributed by atoms with E-state index in [2.05, 4.69) is 21.9 Å². The summed E-state index contributed by atoms with van der Waals surface area (Å²) in [6.45, 7) is 8.28. The summed E-state index contributed by atoms with van der Waals surface area (Å²) in [7, 11) is 1.67. The van der Waals surface area contributed by atoms with E-state index in [1.54, 1.807) is 7.05 Å². The van der Waals surface area contributed by atoms with Gasteiger partial charge in [-0.2, -0.15) is 5.10 Å². The van der Waals surface area contributed by atoms with Crippen LogP contribution in [0.4, 0.5) is 0 Å². The third kappa shape index (κ3) is 3.29. The van der Waals surface area contributed by atoms with Crippen LogP contribution in [-0.2, 0) is 13.6 Å². The Hall–Kier alpha value is -1.57. The number of thiazole rings is 1. The fourth-order valence-electron chi connectivity index (χ4n) is 3.08.